The van der Waals surface area contributed by atoms with Crippen LogP contribution in [-0.4, -0.2) is 29.2 Å². The van der Waals surface area contributed by atoms with Crippen LogP contribution in [0.4, 0.5) is 0 Å². The van der Waals surface area contributed by atoms with Gasteiger partial charge in [0, 0.05) is 6.42 Å². The molecule has 3 aromatic rings. The van der Waals surface area contributed by atoms with E-state index in [4.69, 9.17) is 9.47 Å². The fraction of sp³-hybridized carbons (Fsp3) is 0.263. The van der Waals surface area contributed by atoms with Crippen molar-refractivity contribution in [3.63, 3.8) is 0 Å². The van der Waals surface area contributed by atoms with Gasteiger partial charge in [0.15, 0.2) is 0 Å². The van der Waals surface area contributed by atoms with Gasteiger partial charge in [-0.15, -0.1) is 0 Å². The molecule has 5 heteroatoms. The van der Waals surface area contributed by atoms with E-state index >= 15 is 0 Å². The minimum Gasteiger partial charge on any atom is -0.497 e. The van der Waals surface area contributed by atoms with Gasteiger partial charge in [0.2, 0.25) is 0 Å². The van der Waals surface area contributed by atoms with Crippen LogP contribution in [0.15, 0.2) is 48.5 Å². The molecule has 5 nitrogen and oxygen atoms in total. The molecule has 0 saturated heterocycles. The van der Waals surface area contributed by atoms with Crippen molar-refractivity contribution in [3.05, 3.63) is 59.9 Å². The van der Waals surface area contributed by atoms with E-state index in [2.05, 4.69) is 4.98 Å². The summed E-state index contributed by atoms with van der Waals surface area (Å²) in [7, 11) is 1.65. The number of rotatable bonds is 6. The number of benzene rings is 2. The average Bonchev–Trinajstić information content (AvgIpc) is 2.93. The second-order valence-electron chi connectivity index (χ2n) is 5.43. The number of para-hydroxylation sites is 2. The van der Waals surface area contributed by atoms with Crippen molar-refractivity contribution in [2.45, 2.75) is 19.9 Å². The molecule has 0 N–H and O–H groups in total. The Morgan fingerprint density at radius 2 is 1.88 bits per heavy atom. The number of methoxy groups -OCH3 is 1. The molecule has 0 aliphatic rings. The van der Waals surface area contributed by atoms with Gasteiger partial charge in [0.25, 0.3) is 0 Å². The number of imidazole rings is 1. The van der Waals surface area contributed by atoms with Crippen molar-refractivity contribution in [2.75, 3.05) is 13.7 Å². The van der Waals surface area contributed by atoms with Gasteiger partial charge >= 0.3 is 5.97 Å². The molecule has 1 aromatic heterocycles. The molecule has 0 amide bonds. The second-order valence-corrected chi connectivity index (χ2v) is 5.43. The lowest BCUT2D eigenvalue weighted by Crippen LogP contribution is -2.15. The molecule has 0 aliphatic carbocycles. The van der Waals surface area contributed by atoms with Crippen molar-refractivity contribution >= 4 is 17.0 Å². The maximum atomic E-state index is 12.0. The minimum atomic E-state index is -0.253. The fourth-order valence-corrected chi connectivity index (χ4v) is 2.70. The van der Waals surface area contributed by atoms with E-state index in [0.29, 0.717) is 13.0 Å². The van der Waals surface area contributed by atoms with Gasteiger partial charge in [-0.1, -0.05) is 24.3 Å². The van der Waals surface area contributed by atoms with Crippen LogP contribution in [0.2, 0.25) is 0 Å². The number of carbonyl (C=O) groups excluding carboxylic acids is 1. The normalized spacial score (nSPS) is 10.8. The molecule has 0 radical (unpaired) electrons. The topological polar surface area (TPSA) is 53.4 Å². The Kier molecular flexibility index (Phi) is 4.79. The molecular weight excluding hydrogens is 304 g/mol. The van der Waals surface area contributed by atoms with Crippen LogP contribution in [0.1, 0.15) is 18.3 Å². The Morgan fingerprint density at radius 3 is 2.58 bits per heavy atom. The van der Waals surface area contributed by atoms with Crippen LogP contribution in [-0.2, 0) is 22.5 Å². The summed E-state index contributed by atoms with van der Waals surface area (Å²) in [6.45, 7) is 2.35. The van der Waals surface area contributed by atoms with Crippen molar-refractivity contribution in [1.29, 1.82) is 0 Å². The van der Waals surface area contributed by atoms with E-state index in [1.807, 2.05) is 60.0 Å². The van der Waals surface area contributed by atoms with Crippen LogP contribution < -0.4 is 4.74 Å². The van der Waals surface area contributed by atoms with Gasteiger partial charge in [-0.05, 0) is 36.8 Å². The third-order valence-corrected chi connectivity index (χ3v) is 3.85. The predicted octanol–water partition coefficient (Wildman–Crippen LogP) is 3.20. The number of hydrogen-bond donors (Lipinski definition) is 0. The van der Waals surface area contributed by atoms with Gasteiger partial charge in [0.05, 0.1) is 24.8 Å². The molecule has 0 fully saturated rings. The Balaban J connectivity index is 1.94. The molecular formula is C19H20N2O3. The monoisotopic (exact) mass is 324 g/mol. The highest BCUT2D eigenvalue weighted by Gasteiger charge is 2.14. The van der Waals surface area contributed by atoms with E-state index in [0.717, 1.165) is 28.2 Å². The molecule has 2 aromatic carbocycles. The zero-order chi connectivity index (χ0) is 16.9. The highest BCUT2D eigenvalue weighted by Crippen LogP contribution is 2.20. The number of carbonyl (C=O) groups is 1. The molecule has 1 heterocycles. The van der Waals surface area contributed by atoms with E-state index in [1.54, 1.807) is 7.11 Å². The number of aromatic nitrogens is 2. The SMILES string of the molecule is CCOC(=O)Cn1c(Cc2ccc(OC)cc2)nc2ccccc21. The van der Waals surface area contributed by atoms with Crippen LogP contribution in [0.3, 0.4) is 0 Å². The summed E-state index contributed by atoms with van der Waals surface area (Å²) < 4.78 is 12.2. The van der Waals surface area contributed by atoms with Gasteiger partial charge in [-0.2, -0.15) is 0 Å². The third-order valence-electron chi connectivity index (χ3n) is 3.85. The molecule has 0 spiro atoms. The Hall–Kier alpha value is -2.82. The highest BCUT2D eigenvalue weighted by atomic mass is 16.5. The first-order chi connectivity index (χ1) is 11.7. The van der Waals surface area contributed by atoms with Gasteiger partial charge < -0.3 is 14.0 Å². The zero-order valence-electron chi connectivity index (χ0n) is 13.9. The summed E-state index contributed by atoms with van der Waals surface area (Å²) in [5.41, 5.74) is 2.93. The van der Waals surface area contributed by atoms with Crippen molar-refractivity contribution < 1.29 is 14.3 Å². The Morgan fingerprint density at radius 1 is 1.12 bits per heavy atom. The molecule has 0 bridgehead atoms. The van der Waals surface area contributed by atoms with Crippen molar-refractivity contribution in [3.8, 4) is 5.75 Å². The predicted molar refractivity (Wildman–Crippen MR) is 92.2 cm³/mol. The molecule has 0 aliphatic heterocycles. The molecule has 24 heavy (non-hydrogen) atoms. The van der Waals surface area contributed by atoms with Crippen LogP contribution in [0.5, 0.6) is 5.75 Å². The number of ether oxygens (including phenoxy) is 2. The first-order valence-electron chi connectivity index (χ1n) is 7.94. The lowest BCUT2D eigenvalue weighted by Gasteiger charge is -2.09. The summed E-state index contributed by atoms with van der Waals surface area (Å²) in [6, 6.07) is 15.7. The quantitative estimate of drug-likeness (QED) is 0.653. The highest BCUT2D eigenvalue weighted by molar-refractivity contribution is 5.79. The van der Waals surface area contributed by atoms with Crippen molar-refractivity contribution in [2.24, 2.45) is 0 Å². The molecule has 0 atom stereocenters. The summed E-state index contributed by atoms with van der Waals surface area (Å²) in [6.07, 6.45) is 0.637. The van der Waals surface area contributed by atoms with Crippen LogP contribution >= 0.6 is 0 Å². The standard InChI is InChI=1S/C19H20N2O3/c1-3-24-19(22)13-21-17-7-5-4-6-16(17)20-18(21)12-14-8-10-15(23-2)11-9-14/h4-11H,3,12-13H2,1-2H3. The zero-order valence-corrected chi connectivity index (χ0v) is 13.9. The lowest BCUT2D eigenvalue weighted by atomic mass is 10.1. The first-order valence-corrected chi connectivity index (χ1v) is 7.94. The Bertz CT molecular complexity index is 837. The molecule has 3 rings (SSSR count). The van der Waals surface area contributed by atoms with Gasteiger partial charge in [-0.3, -0.25) is 4.79 Å². The molecule has 124 valence electrons. The summed E-state index contributed by atoms with van der Waals surface area (Å²) in [5, 5.41) is 0. The lowest BCUT2D eigenvalue weighted by molar-refractivity contribution is -0.143. The smallest absolute Gasteiger partial charge is 0.326 e. The fourth-order valence-electron chi connectivity index (χ4n) is 2.70. The Labute approximate surface area is 140 Å². The second kappa shape index (κ2) is 7.17. The van der Waals surface area contributed by atoms with E-state index in [-0.39, 0.29) is 12.5 Å². The van der Waals surface area contributed by atoms with Gasteiger partial charge in [-0.25, -0.2) is 4.98 Å². The number of nitrogens with zero attached hydrogens (tertiary/aromatic N) is 2. The first kappa shape index (κ1) is 16.1. The van der Waals surface area contributed by atoms with E-state index < -0.39 is 0 Å². The number of esters is 1. The third kappa shape index (κ3) is 3.40. The van der Waals surface area contributed by atoms with Crippen LogP contribution in [0, 0.1) is 0 Å². The maximum Gasteiger partial charge on any atom is 0.326 e. The van der Waals surface area contributed by atoms with Crippen molar-refractivity contribution in [1.82, 2.24) is 9.55 Å². The van der Waals surface area contributed by atoms with Gasteiger partial charge in [0.1, 0.15) is 18.1 Å². The largest absolute Gasteiger partial charge is 0.497 e. The summed E-state index contributed by atoms with van der Waals surface area (Å²) in [4.78, 5) is 16.6. The minimum absolute atomic E-state index is 0.167. The average molecular weight is 324 g/mol. The summed E-state index contributed by atoms with van der Waals surface area (Å²) >= 11 is 0. The van der Waals surface area contributed by atoms with E-state index in [9.17, 15) is 4.79 Å². The number of hydrogen-bond acceptors (Lipinski definition) is 4. The maximum absolute atomic E-state index is 12.0. The molecule has 0 saturated carbocycles. The van der Waals surface area contributed by atoms with Crippen LogP contribution in [0.25, 0.3) is 11.0 Å². The number of fused-ring (bicyclic) bond motifs is 1. The van der Waals surface area contributed by atoms with E-state index in [1.165, 1.54) is 0 Å². The molecule has 0 unspecified atom stereocenters. The summed E-state index contributed by atoms with van der Waals surface area (Å²) in [5.74, 6) is 1.41.